The summed E-state index contributed by atoms with van der Waals surface area (Å²) in [5.41, 5.74) is 1.18. The zero-order valence-corrected chi connectivity index (χ0v) is 21.1. The fourth-order valence-corrected chi connectivity index (χ4v) is 4.10. The van der Waals surface area contributed by atoms with Gasteiger partial charge in [0.1, 0.15) is 11.6 Å². The molecule has 0 saturated heterocycles. The lowest BCUT2D eigenvalue weighted by atomic mass is 10.1. The second kappa shape index (κ2) is 12.9. The van der Waals surface area contributed by atoms with Gasteiger partial charge in [0.25, 0.3) is 5.56 Å². The molecule has 1 N–H and O–H groups in total. The second-order valence-corrected chi connectivity index (χ2v) is 8.30. The molecule has 1 aromatic heterocycles. The van der Waals surface area contributed by atoms with E-state index < -0.39 is 0 Å². The van der Waals surface area contributed by atoms with Crippen molar-refractivity contribution in [1.29, 1.82) is 0 Å². The molecule has 3 aromatic rings. The van der Waals surface area contributed by atoms with Crippen molar-refractivity contribution in [1.82, 2.24) is 14.5 Å². The molecular formula is C27H36N4O4. The number of nitrogens with zero attached hydrogens (tertiary/aromatic N) is 3. The molecule has 1 unspecified atom stereocenters. The molecule has 0 spiro atoms. The van der Waals surface area contributed by atoms with E-state index in [1.807, 2.05) is 56.3 Å². The summed E-state index contributed by atoms with van der Waals surface area (Å²) >= 11 is 0. The highest BCUT2D eigenvalue weighted by molar-refractivity contribution is 5.89. The Bertz CT molecular complexity index is 1160. The number of urea groups is 1. The Morgan fingerprint density at radius 1 is 1.11 bits per heavy atom. The molecule has 0 bridgehead atoms. The van der Waals surface area contributed by atoms with Crippen LogP contribution in [0.2, 0.25) is 0 Å². The molecule has 8 nitrogen and oxygen atoms in total. The molecule has 0 saturated carbocycles. The van der Waals surface area contributed by atoms with Crippen molar-refractivity contribution in [3.8, 4) is 5.75 Å². The number of aromatic nitrogens is 2. The third kappa shape index (κ3) is 6.39. The smallest absolute Gasteiger partial charge is 0.322 e. The van der Waals surface area contributed by atoms with Crippen molar-refractivity contribution in [3.63, 3.8) is 0 Å². The number of anilines is 1. The Morgan fingerprint density at radius 3 is 2.51 bits per heavy atom. The first kappa shape index (κ1) is 26.2. The number of ether oxygens (including phenoxy) is 2. The number of unbranched alkanes of at least 4 members (excludes halogenated alkanes) is 1. The van der Waals surface area contributed by atoms with Crippen LogP contribution in [0, 0.1) is 0 Å². The van der Waals surface area contributed by atoms with E-state index in [1.165, 1.54) is 0 Å². The van der Waals surface area contributed by atoms with Gasteiger partial charge < -0.3 is 19.7 Å². The minimum absolute atomic E-state index is 0.122. The molecule has 0 fully saturated rings. The summed E-state index contributed by atoms with van der Waals surface area (Å²) in [4.78, 5) is 33.6. The average Bonchev–Trinajstić information content (AvgIpc) is 2.87. The predicted octanol–water partition coefficient (Wildman–Crippen LogP) is 5.23. The Kier molecular flexibility index (Phi) is 9.66. The topological polar surface area (TPSA) is 85.7 Å². The molecule has 3 rings (SSSR count). The molecular weight excluding hydrogens is 444 g/mol. The van der Waals surface area contributed by atoms with Crippen LogP contribution in [0.3, 0.4) is 0 Å². The van der Waals surface area contributed by atoms with Gasteiger partial charge in [0.05, 0.1) is 36.7 Å². The van der Waals surface area contributed by atoms with E-state index in [9.17, 15) is 9.59 Å². The largest absolute Gasteiger partial charge is 0.494 e. The SMILES string of the molecule is CCCCN(C(=O)Nc1ccc(OCC)cc1)C(CC)c1nc2ccccc2c(=O)n1CCOC. The zero-order valence-electron chi connectivity index (χ0n) is 21.1. The molecule has 0 aliphatic carbocycles. The first-order valence-corrected chi connectivity index (χ1v) is 12.3. The van der Waals surface area contributed by atoms with Crippen molar-refractivity contribution in [2.75, 3.05) is 32.2 Å². The fraction of sp³-hybridized carbons (Fsp3) is 0.444. The summed E-state index contributed by atoms with van der Waals surface area (Å²) in [6.07, 6.45) is 2.38. The minimum atomic E-state index is -0.376. The first-order valence-electron chi connectivity index (χ1n) is 12.3. The van der Waals surface area contributed by atoms with E-state index in [1.54, 1.807) is 22.6 Å². The normalized spacial score (nSPS) is 11.9. The molecule has 0 aliphatic rings. The number of carbonyl (C=O) groups is 1. The summed E-state index contributed by atoms with van der Waals surface area (Å²) < 4.78 is 12.4. The first-order chi connectivity index (χ1) is 17.0. The molecule has 0 aliphatic heterocycles. The van der Waals surface area contributed by atoms with Crippen LogP contribution in [-0.4, -0.2) is 47.4 Å². The van der Waals surface area contributed by atoms with Crippen LogP contribution in [0.4, 0.5) is 10.5 Å². The van der Waals surface area contributed by atoms with Gasteiger partial charge in [0.15, 0.2) is 0 Å². The number of carbonyl (C=O) groups excluding carboxylic acids is 1. The van der Waals surface area contributed by atoms with Gasteiger partial charge in [0, 0.05) is 19.3 Å². The number of hydrogen-bond acceptors (Lipinski definition) is 5. The van der Waals surface area contributed by atoms with Crippen LogP contribution in [0.15, 0.2) is 53.3 Å². The highest BCUT2D eigenvalue weighted by Crippen LogP contribution is 2.26. The maximum atomic E-state index is 13.5. The third-order valence-electron chi connectivity index (χ3n) is 5.90. The van der Waals surface area contributed by atoms with E-state index in [4.69, 9.17) is 14.5 Å². The molecule has 188 valence electrons. The number of hydrogen-bond donors (Lipinski definition) is 1. The van der Waals surface area contributed by atoms with Crippen molar-refractivity contribution >= 4 is 22.6 Å². The molecule has 8 heteroatoms. The maximum Gasteiger partial charge on any atom is 0.322 e. The number of para-hydroxylation sites is 1. The summed E-state index contributed by atoms with van der Waals surface area (Å²) in [7, 11) is 1.61. The summed E-state index contributed by atoms with van der Waals surface area (Å²) in [5, 5.41) is 3.57. The monoisotopic (exact) mass is 480 g/mol. The van der Waals surface area contributed by atoms with Crippen molar-refractivity contribution in [2.45, 2.75) is 52.6 Å². The zero-order chi connectivity index (χ0) is 25.2. The minimum Gasteiger partial charge on any atom is -0.494 e. The van der Waals surface area contributed by atoms with Crippen LogP contribution in [0.5, 0.6) is 5.75 Å². The Morgan fingerprint density at radius 2 is 1.86 bits per heavy atom. The lowest BCUT2D eigenvalue weighted by Crippen LogP contribution is -2.42. The quantitative estimate of drug-likeness (QED) is 0.384. The summed E-state index contributed by atoms with van der Waals surface area (Å²) in [6.45, 7) is 7.89. The van der Waals surface area contributed by atoms with Crippen LogP contribution in [0.25, 0.3) is 10.9 Å². The Labute approximate surface area is 206 Å². The van der Waals surface area contributed by atoms with Crippen molar-refractivity contribution in [2.24, 2.45) is 0 Å². The van der Waals surface area contributed by atoms with Gasteiger partial charge in [-0.15, -0.1) is 0 Å². The molecule has 2 aromatic carbocycles. The van der Waals surface area contributed by atoms with Gasteiger partial charge in [0.2, 0.25) is 0 Å². The number of methoxy groups -OCH3 is 1. The van der Waals surface area contributed by atoms with E-state index in [0.717, 1.165) is 18.6 Å². The number of benzene rings is 2. The number of amides is 2. The predicted molar refractivity (Wildman–Crippen MR) is 139 cm³/mol. The lowest BCUT2D eigenvalue weighted by molar-refractivity contribution is 0.168. The highest BCUT2D eigenvalue weighted by atomic mass is 16.5. The van der Waals surface area contributed by atoms with Gasteiger partial charge in [-0.3, -0.25) is 9.36 Å². The lowest BCUT2D eigenvalue weighted by Gasteiger charge is -2.32. The van der Waals surface area contributed by atoms with E-state index in [2.05, 4.69) is 12.2 Å². The second-order valence-electron chi connectivity index (χ2n) is 8.30. The van der Waals surface area contributed by atoms with E-state index in [-0.39, 0.29) is 17.6 Å². The number of nitrogens with one attached hydrogen (secondary N) is 1. The third-order valence-corrected chi connectivity index (χ3v) is 5.90. The molecule has 35 heavy (non-hydrogen) atoms. The number of rotatable bonds is 12. The van der Waals surface area contributed by atoms with Crippen molar-refractivity contribution < 1.29 is 14.3 Å². The van der Waals surface area contributed by atoms with Crippen LogP contribution in [0.1, 0.15) is 51.9 Å². The van der Waals surface area contributed by atoms with Gasteiger partial charge in [-0.2, -0.15) is 0 Å². The van der Waals surface area contributed by atoms with Crippen LogP contribution < -0.4 is 15.6 Å². The molecule has 1 atom stereocenters. The summed E-state index contributed by atoms with van der Waals surface area (Å²) in [5.74, 6) is 1.33. The Hall–Kier alpha value is -3.39. The van der Waals surface area contributed by atoms with Crippen LogP contribution in [-0.2, 0) is 11.3 Å². The average molecular weight is 481 g/mol. The van der Waals surface area contributed by atoms with Gasteiger partial charge >= 0.3 is 6.03 Å². The van der Waals surface area contributed by atoms with Gasteiger partial charge in [-0.05, 0) is 56.2 Å². The standard InChI is InChI=1S/C27H36N4O4/c1-5-8-17-30(27(33)28-20-13-15-21(16-14-20)35-7-3)24(6-2)25-29-23-12-10-9-11-22(23)26(32)31(25)18-19-34-4/h9-16,24H,5-8,17-19H2,1-4H3,(H,28,33). The van der Waals surface area contributed by atoms with Crippen molar-refractivity contribution in [3.05, 3.63) is 64.7 Å². The molecule has 0 radical (unpaired) electrons. The maximum absolute atomic E-state index is 13.5. The molecule has 2 amide bonds. The van der Waals surface area contributed by atoms with Gasteiger partial charge in [-0.1, -0.05) is 32.4 Å². The van der Waals surface area contributed by atoms with E-state index in [0.29, 0.717) is 55.1 Å². The Balaban J connectivity index is 2.00. The number of fused-ring (bicyclic) bond motifs is 1. The fourth-order valence-electron chi connectivity index (χ4n) is 4.10. The molecule has 1 heterocycles. The summed E-state index contributed by atoms with van der Waals surface area (Å²) in [6, 6.07) is 14.0. The highest BCUT2D eigenvalue weighted by Gasteiger charge is 2.28. The van der Waals surface area contributed by atoms with E-state index >= 15 is 0 Å². The van der Waals surface area contributed by atoms with Gasteiger partial charge in [-0.25, -0.2) is 9.78 Å². The van der Waals surface area contributed by atoms with Crippen LogP contribution >= 0.6 is 0 Å².